The molecule has 0 radical (unpaired) electrons. The molecular weight excluding hydrogens is 274 g/mol. The molecule has 1 fully saturated rings. The number of nitrogens with one attached hydrogen (secondary N) is 1. The predicted octanol–water partition coefficient (Wildman–Crippen LogP) is 3.30. The third-order valence-electron chi connectivity index (χ3n) is 4.03. The molecule has 0 spiro atoms. The molecule has 0 saturated carbocycles. The van der Waals surface area contributed by atoms with Crippen LogP contribution in [0.1, 0.15) is 43.5 Å². The number of hydrogen-bond acceptors (Lipinski definition) is 4. The molecule has 1 saturated heterocycles. The average molecular weight is 292 g/mol. The van der Waals surface area contributed by atoms with Gasteiger partial charge in [0.25, 0.3) is 0 Å². The van der Waals surface area contributed by atoms with Crippen LogP contribution in [0.5, 0.6) is 0 Å². The number of aromatic nitrogens is 2. The SMILES string of the molecule is CCC1(c2nc(Cc3ccccc3Cl)no2)CCCN1. The highest BCUT2D eigenvalue weighted by atomic mass is 35.5. The first-order valence-electron chi connectivity index (χ1n) is 7.05. The summed E-state index contributed by atoms with van der Waals surface area (Å²) in [5.74, 6) is 1.40. The largest absolute Gasteiger partial charge is 0.337 e. The van der Waals surface area contributed by atoms with Gasteiger partial charge in [0.1, 0.15) is 0 Å². The van der Waals surface area contributed by atoms with Crippen LogP contribution in [0.4, 0.5) is 0 Å². The second kappa shape index (κ2) is 5.54. The van der Waals surface area contributed by atoms with Gasteiger partial charge in [-0.25, -0.2) is 0 Å². The monoisotopic (exact) mass is 291 g/mol. The number of benzene rings is 1. The zero-order chi connectivity index (χ0) is 14.0. The normalized spacial score (nSPS) is 22.3. The molecule has 1 aliphatic heterocycles. The summed E-state index contributed by atoms with van der Waals surface area (Å²) in [7, 11) is 0. The van der Waals surface area contributed by atoms with E-state index in [0.29, 0.717) is 18.1 Å². The zero-order valence-electron chi connectivity index (χ0n) is 11.5. The standard InChI is InChI=1S/C15H18ClN3O/c1-2-15(8-5-9-17-15)14-18-13(19-20-14)10-11-6-3-4-7-12(11)16/h3-4,6-7,17H,2,5,8-10H2,1H3. The van der Waals surface area contributed by atoms with E-state index in [-0.39, 0.29) is 5.54 Å². The molecule has 0 aliphatic carbocycles. The lowest BCUT2D eigenvalue weighted by molar-refractivity contribution is 0.249. The maximum Gasteiger partial charge on any atom is 0.246 e. The van der Waals surface area contributed by atoms with Crippen LogP contribution in [-0.2, 0) is 12.0 Å². The highest BCUT2D eigenvalue weighted by Crippen LogP contribution is 2.33. The first-order valence-corrected chi connectivity index (χ1v) is 7.43. The summed E-state index contributed by atoms with van der Waals surface area (Å²) in [6.45, 7) is 3.16. The fourth-order valence-corrected chi connectivity index (χ4v) is 2.98. The zero-order valence-corrected chi connectivity index (χ0v) is 12.3. The van der Waals surface area contributed by atoms with Gasteiger partial charge < -0.3 is 9.84 Å². The second-order valence-electron chi connectivity index (χ2n) is 5.25. The Morgan fingerprint density at radius 2 is 2.25 bits per heavy atom. The molecular formula is C15H18ClN3O. The second-order valence-corrected chi connectivity index (χ2v) is 5.66. The van der Waals surface area contributed by atoms with Gasteiger partial charge in [0.15, 0.2) is 5.82 Å². The molecule has 1 unspecified atom stereocenters. The summed E-state index contributed by atoms with van der Waals surface area (Å²) < 4.78 is 5.49. The minimum atomic E-state index is -0.133. The van der Waals surface area contributed by atoms with Crippen molar-refractivity contribution < 1.29 is 4.52 Å². The van der Waals surface area contributed by atoms with Crippen LogP contribution in [0.2, 0.25) is 5.02 Å². The fraction of sp³-hybridized carbons (Fsp3) is 0.467. The van der Waals surface area contributed by atoms with E-state index >= 15 is 0 Å². The molecule has 2 heterocycles. The van der Waals surface area contributed by atoms with Crippen molar-refractivity contribution in [3.63, 3.8) is 0 Å². The number of hydrogen-bond donors (Lipinski definition) is 1. The first-order chi connectivity index (χ1) is 9.73. The van der Waals surface area contributed by atoms with Crippen LogP contribution in [0.25, 0.3) is 0 Å². The highest BCUT2D eigenvalue weighted by Gasteiger charge is 2.38. The number of rotatable bonds is 4. The Morgan fingerprint density at radius 3 is 2.95 bits per heavy atom. The minimum Gasteiger partial charge on any atom is -0.337 e. The average Bonchev–Trinajstić information content (AvgIpc) is 3.11. The number of nitrogens with zero attached hydrogens (tertiary/aromatic N) is 2. The van der Waals surface area contributed by atoms with Gasteiger partial charge >= 0.3 is 0 Å². The van der Waals surface area contributed by atoms with E-state index in [1.165, 1.54) is 0 Å². The topological polar surface area (TPSA) is 51.0 Å². The van der Waals surface area contributed by atoms with Crippen molar-refractivity contribution in [2.45, 2.75) is 38.1 Å². The molecule has 20 heavy (non-hydrogen) atoms. The van der Waals surface area contributed by atoms with Crippen LogP contribution >= 0.6 is 11.6 Å². The van der Waals surface area contributed by atoms with Gasteiger partial charge in [-0.1, -0.05) is 41.9 Å². The molecule has 1 aromatic heterocycles. The van der Waals surface area contributed by atoms with Crippen LogP contribution in [0.3, 0.4) is 0 Å². The van der Waals surface area contributed by atoms with Gasteiger partial charge in [-0.05, 0) is 37.4 Å². The van der Waals surface area contributed by atoms with Gasteiger partial charge in [0, 0.05) is 11.4 Å². The smallest absolute Gasteiger partial charge is 0.246 e. The van der Waals surface area contributed by atoms with E-state index in [1.54, 1.807) is 0 Å². The molecule has 1 atom stereocenters. The molecule has 4 nitrogen and oxygen atoms in total. The van der Waals surface area contributed by atoms with Gasteiger partial charge in [-0.15, -0.1) is 0 Å². The van der Waals surface area contributed by atoms with Crippen molar-refractivity contribution in [1.82, 2.24) is 15.5 Å². The van der Waals surface area contributed by atoms with E-state index in [2.05, 4.69) is 22.4 Å². The maximum absolute atomic E-state index is 6.16. The molecule has 1 aliphatic rings. The molecule has 0 bridgehead atoms. The van der Waals surface area contributed by atoms with Crippen LogP contribution < -0.4 is 5.32 Å². The summed E-state index contributed by atoms with van der Waals surface area (Å²) in [6.07, 6.45) is 3.76. The predicted molar refractivity (Wildman–Crippen MR) is 77.8 cm³/mol. The van der Waals surface area contributed by atoms with E-state index in [4.69, 9.17) is 16.1 Å². The third kappa shape index (κ3) is 2.45. The van der Waals surface area contributed by atoms with E-state index in [9.17, 15) is 0 Å². The minimum absolute atomic E-state index is 0.133. The number of halogens is 1. The Balaban J connectivity index is 1.82. The van der Waals surface area contributed by atoms with E-state index in [1.807, 2.05) is 24.3 Å². The van der Waals surface area contributed by atoms with Crippen LogP contribution in [0, 0.1) is 0 Å². The summed E-state index contributed by atoms with van der Waals surface area (Å²) in [4.78, 5) is 4.57. The Bertz CT molecular complexity index is 590. The van der Waals surface area contributed by atoms with Gasteiger partial charge in [0.2, 0.25) is 5.89 Å². The summed E-state index contributed by atoms with van der Waals surface area (Å²) in [5.41, 5.74) is 0.887. The molecule has 0 amide bonds. The molecule has 1 aromatic carbocycles. The summed E-state index contributed by atoms with van der Waals surface area (Å²) in [6, 6.07) is 7.75. The molecule has 106 valence electrons. The highest BCUT2D eigenvalue weighted by molar-refractivity contribution is 6.31. The quantitative estimate of drug-likeness (QED) is 0.939. The molecule has 1 N–H and O–H groups in total. The summed E-state index contributed by atoms with van der Waals surface area (Å²) >= 11 is 6.16. The van der Waals surface area contributed by atoms with Crippen LogP contribution in [0.15, 0.2) is 28.8 Å². The Morgan fingerprint density at radius 1 is 1.40 bits per heavy atom. The Kier molecular flexibility index (Phi) is 3.76. The fourth-order valence-electron chi connectivity index (χ4n) is 2.77. The van der Waals surface area contributed by atoms with Crippen molar-refractivity contribution in [2.75, 3.05) is 6.54 Å². The first kappa shape index (κ1) is 13.6. The van der Waals surface area contributed by atoms with E-state index < -0.39 is 0 Å². The Labute approximate surface area is 123 Å². The van der Waals surface area contributed by atoms with Gasteiger partial charge in [-0.3, -0.25) is 0 Å². The Hall–Kier alpha value is -1.39. The van der Waals surface area contributed by atoms with Gasteiger partial charge in [-0.2, -0.15) is 4.98 Å². The lowest BCUT2D eigenvalue weighted by Crippen LogP contribution is -2.36. The van der Waals surface area contributed by atoms with Crippen molar-refractivity contribution in [3.05, 3.63) is 46.6 Å². The lowest BCUT2D eigenvalue weighted by atomic mass is 9.94. The van der Waals surface area contributed by atoms with Crippen molar-refractivity contribution >= 4 is 11.6 Å². The van der Waals surface area contributed by atoms with E-state index in [0.717, 1.165) is 36.4 Å². The molecule has 2 aromatic rings. The third-order valence-corrected chi connectivity index (χ3v) is 4.40. The van der Waals surface area contributed by atoms with Crippen molar-refractivity contribution in [1.29, 1.82) is 0 Å². The summed E-state index contributed by atoms with van der Waals surface area (Å²) in [5, 5.41) is 8.35. The maximum atomic E-state index is 6.16. The van der Waals surface area contributed by atoms with Crippen molar-refractivity contribution in [3.8, 4) is 0 Å². The lowest BCUT2D eigenvalue weighted by Gasteiger charge is -2.22. The van der Waals surface area contributed by atoms with Crippen LogP contribution in [-0.4, -0.2) is 16.7 Å². The molecule has 3 rings (SSSR count). The van der Waals surface area contributed by atoms with Crippen molar-refractivity contribution in [2.24, 2.45) is 0 Å². The van der Waals surface area contributed by atoms with Gasteiger partial charge in [0.05, 0.1) is 5.54 Å². The molecule has 5 heteroatoms.